The van der Waals surface area contributed by atoms with Gasteiger partial charge in [-0.05, 0) is 26.0 Å². The molecular formula is C12H12O5. The fraction of sp³-hybridized carbons (Fsp3) is 0.333. The summed E-state index contributed by atoms with van der Waals surface area (Å²) in [5.74, 6) is -1.67. The fourth-order valence-electron chi connectivity index (χ4n) is 1.85. The van der Waals surface area contributed by atoms with Gasteiger partial charge in [-0.25, -0.2) is 4.79 Å². The number of aromatic carboxylic acids is 1. The van der Waals surface area contributed by atoms with Gasteiger partial charge in [0.25, 0.3) is 0 Å². The lowest BCUT2D eigenvalue weighted by Crippen LogP contribution is -2.36. The van der Waals surface area contributed by atoms with E-state index in [1.807, 2.05) is 0 Å². The van der Waals surface area contributed by atoms with E-state index in [1.165, 1.54) is 6.07 Å². The Hall–Kier alpha value is -2.04. The van der Waals surface area contributed by atoms with Crippen LogP contribution in [0.15, 0.2) is 12.1 Å². The molecular weight excluding hydrogens is 224 g/mol. The van der Waals surface area contributed by atoms with Gasteiger partial charge in [0.15, 0.2) is 17.3 Å². The second kappa shape index (κ2) is 3.48. The monoisotopic (exact) mass is 236 g/mol. The van der Waals surface area contributed by atoms with E-state index in [0.717, 1.165) is 6.07 Å². The summed E-state index contributed by atoms with van der Waals surface area (Å²) in [4.78, 5) is 22.7. The predicted molar refractivity (Wildman–Crippen MR) is 58.7 cm³/mol. The van der Waals surface area contributed by atoms with Crippen molar-refractivity contribution >= 4 is 11.8 Å². The number of hydrogen-bond acceptors (Lipinski definition) is 4. The molecule has 90 valence electrons. The van der Waals surface area contributed by atoms with Crippen molar-refractivity contribution in [3.05, 3.63) is 23.3 Å². The summed E-state index contributed by atoms with van der Waals surface area (Å²) >= 11 is 0. The van der Waals surface area contributed by atoms with Crippen LogP contribution in [-0.4, -0.2) is 27.6 Å². The third-order valence-electron chi connectivity index (χ3n) is 2.58. The Kier molecular flexibility index (Phi) is 2.34. The normalized spacial score (nSPS) is 17.2. The number of aromatic hydroxyl groups is 1. The predicted octanol–water partition coefficient (Wildman–Crippen LogP) is 1.83. The molecule has 0 amide bonds. The number of benzene rings is 1. The van der Waals surface area contributed by atoms with Gasteiger partial charge in [0.1, 0.15) is 5.60 Å². The highest BCUT2D eigenvalue weighted by Crippen LogP contribution is 2.40. The number of carbonyl (C=O) groups is 2. The van der Waals surface area contributed by atoms with Gasteiger partial charge < -0.3 is 14.9 Å². The second-order valence-corrected chi connectivity index (χ2v) is 4.64. The molecule has 0 radical (unpaired) electrons. The van der Waals surface area contributed by atoms with E-state index in [-0.39, 0.29) is 34.8 Å². The maximum Gasteiger partial charge on any atom is 0.335 e. The molecule has 0 atom stereocenters. The molecule has 2 N–H and O–H groups in total. The van der Waals surface area contributed by atoms with Crippen molar-refractivity contribution in [2.24, 2.45) is 0 Å². The number of Topliss-reactive ketones (excluding diaryl/α,β-unsaturated/α-hetero) is 1. The summed E-state index contributed by atoms with van der Waals surface area (Å²) in [6.45, 7) is 3.47. The van der Waals surface area contributed by atoms with Gasteiger partial charge in [0.05, 0.1) is 17.5 Å². The van der Waals surface area contributed by atoms with Crippen molar-refractivity contribution in [1.82, 2.24) is 0 Å². The third kappa shape index (κ3) is 1.95. The number of phenolic OH excluding ortho intramolecular Hbond substituents is 1. The van der Waals surface area contributed by atoms with Crippen LogP contribution in [-0.2, 0) is 0 Å². The van der Waals surface area contributed by atoms with E-state index in [9.17, 15) is 14.7 Å². The zero-order valence-corrected chi connectivity index (χ0v) is 9.48. The Morgan fingerprint density at radius 2 is 2.06 bits per heavy atom. The van der Waals surface area contributed by atoms with Gasteiger partial charge in [0, 0.05) is 0 Å². The van der Waals surface area contributed by atoms with Gasteiger partial charge in [-0.2, -0.15) is 0 Å². The van der Waals surface area contributed by atoms with E-state index in [4.69, 9.17) is 9.84 Å². The molecule has 5 heteroatoms. The van der Waals surface area contributed by atoms with Gasteiger partial charge in [-0.15, -0.1) is 0 Å². The van der Waals surface area contributed by atoms with Crippen LogP contribution < -0.4 is 4.74 Å². The number of carboxylic acid groups (broad SMARTS) is 1. The smallest absolute Gasteiger partial charge is 0.335 e. The maximum atomic E-state index is 11.8. The molecule has 0 bridgehead atoms. The zero-order chi connectivity index (χ0) is 12.8. The van der Waals surface area contributed by atoms with Gasteiger partial charge in [-0.1, -0.05) is 0 Å². The number of rotatable bonds is 1. The van der Waals surface area contributed by atoms with Crippen LogP contribution in [0.3, 0.4) is 0 Å². The minimum Gasteiger partial charge on any atom is -0.504 e. The number of ether oxygens (including phenoxy) is 1. The van der Waals surface area contributed by atoms with E-state index in [0.29, 0.717) is 0 Å². The van der Waals surface area contributed by atoms with Crippen molar-refractivity contribution < 1.29 is 24.5 Å². The van der Waals surface area contributed by atoms with Crippen LogP contribution in [0.4, 0.5) is 0 Å². The molecule has 0 unspecified atom stereocenters. The molecule has 17 heavy (non-hydrogen) atoms. The van der Waals surface area contributed by atoms with Crippen LogP contribution in [0.5, 0.6) is 11.5 Å². The summed E-state index contributed by atoms with van der Waals surface area (Å²) in [5.41, 5.74) is -0.689. The van der Waals surface area contributed by atoms with Crippen LogP contribution in [0, 0.1) is 0 Å². The summed E-state index contributed by atoms with van der Waals surface area (Å²) in [6, 6.07) is 2.31. The highest BCUT2D eigenvalue weighted by atomic mass is 16.5. The van der Waals surface area contributed by atoms with E-state index < -0.39 is 11.6 Å². The lowest BCUT2D eigenvalue weighted by atomic mass is 9.92. The van der Waals surface area contributed by atoms with Crippen molar-refractivity contribution in [1.29, 1.82) is 0 Å². The number of fused-ring (bicyclic) bond motifs is 1. The van der Waals surface area contributed by atoms with E-state index in [2.05, 4.69) is 0 Å². The number of ketones is 1. The molecule has 1 aliphatic rings. The SMILES string of the molecule is CC1(C)CC(=O)c2cc(C(=O)O)cc(O)c2O1. The number of carboxylic acids is 1. The zero-order valence-electron chi connectivity index (χ0n) is 9.48. The van der Waals surface area contributed by atoms with E-state index in [1.54, 1.807) is 13.8 Å². The van der Waals surface area contributed by atoms with Crippen molar-refractivity contribution in [2.75, 3.05) is 0 Å². The van der Waals surface area contributed by atoms with Crippen LogP contribution in [0.2, 0.25) is 0 Å². The Morgan fingerprint density at radius 3 is 2.65 bits per heavy atom. The van der Waals surface area contributed by atoms with Gasteiger partial charge in [0.2, 0.25) is 0 Å². The lowest BCUT2D eigenvalue weighted by Gasteiger charge is -2.31. The number of carbonyl (C=O) groups excluding carboxylic acids is 1. The second-order valence-electron chi connectivity index (χ2n) is 4.64. The molecule has 1 aromatic carbocycles. The highest BCUT2D eigenvalue weighted by molar-refractivity contribution is 6.03. The minimum absolute atomic E-state index is 0.0660. The average molecular weight is 236 g/mol. The molecule has 2 rings (SSSR count). The molecule has 0 aromatic heterocycles. The van der Waals surface area contributed by atoms with Gasteiger partial charge in [-0.3, -0.25) is 4.79 Å². The Balaban J connectivity index is 2.60. The summed E-state index contributed by atoms with van der Waals surface area (Å²) in [7, 11) is 0. The first-order valence-corrected chi connectivity index (χ1v) is 5.13. The number of phenols is 1. The largest absolute Gasteiger partial charge is 0.504 e. The minimum atomic E-state index is -1.19. The van der Waals surface area contributed by atoms with Crippen LogP contribution in [0.25, 0.3) is 0 Å². The first-order valence-electron chi connectivity index (χ1n) is 5.13. The van der Waals surface area contributed by atoms with Crippen molar-refractivity contribution in [3.63, 3.8) is 0 Å². The lowest BCUT2D eigenvalue weighted by molar-refractivity contribution is 0.0601. The molecule has 1 aliphatic heterocycles. The van der Waals surface area contributed by atoms with Gasteiger partial charge >= 0.3 is 5.97 Å². The molecule has 0 aliphatic carbocycles. The Morgan fingerprint density at radius 1 is 1.41 bits per heavy atom. The highest BCUT2D eigenvalue weighted by Gasteiger charge is 2.34. The molecule has 0 saturated carbocycles. The Labute approximate surface area is 97.6 Å². The van der Waals surface area contributed by atoms with Crippen molar-refractivity contribution in [2.45, 2.75) is 25.9 Å². The van der Waals surface area contributed by atoms with E-state index >= 15 is 0 Å². The molecule has 5 nitrogen and oxygen atoms in total. The molecule has 0 saturated heterocycles. The molecule has 1 heterocycles. The van der Waals surface area contributed by atoms with Crippen LogP contribution in [0.1, 0.15) is 41.0 Å². The third-order valence-corrected chi connectivity index (χ3v) is 2.58. The maximum absolute atomic E-state index is 11.8. The fourth-order valence-corrected chi connectivity index (χ4v) is 1.85. The molecule has 1 aromatic rings. The summed E-state index contributed by atoms with van der Waals surface area (Å²) in [5, 5.41) is 18.5. The summed E-state index contributed by atoms with van der Waals surface area (Å²) in [6.07, 6.45) is 0.155. The standard InChI is InChI=1S/C12H12O5/c1-12(2)5-9(14)7-3-6(11(15)16)4-8(13)10(7)17-12/h3-4,13H,5H2,1-2H3,(H,15,16). The van der Waals surface area contributed by atoms with Crippen LogP contribution >= 0.6 is 0 Å². The molecule has 0 fully saturated rings. The number of hydrogen-bond donors (Lipinski definition) is 2. The summed E-state index contributed by atoms with van der Waals surface area (Å²) < 4.78 is 5.49. The first kappa shape index (κ1) is 11.4. The Bertz CT molecular complexity index is 516. The molecule has 0 spiro atoms. The van der Waals surface area contributed by atoms with Crippen molar-refractivity contribution in [3.8, 4) is 11.5 Å². The first-order chi connectivity index (χ1) is 7.80. The average Bonchev–Trinajstić information content (AvgIpc) is 2.17. The topological polar surface area (TPSA) is 83.8 Å². The quantitative estimate of drug-likeness (QED) is 0.777.